The second kappa shape index (κ2) is 9.49. The summed E-state index contributed by atoms with van der Waals surface area (Å²) in [6, 6.07) is 17.8. The maximum absolute atomic E-state index is 12.7. The molecule has 1 fully saturated rings. The minimum Gasteiger partial charge on any atom is -0.484 e. The van der Waals surface area contributed by atoms with Gasteiger partial charge in [0, 0.05) is 16.4 Å². The van der Waals surface area contributed by atoms with Crippen LogP contribution in [0.5, 0.6) is 5.75 Å². The lowest BCUT2D eigenvalue weighted by molar-refractivity contribution is -0.150. The zero-order chi connectivity index (χ0) is 21.8. The summed E-state index contributed by atoms with van der Waals surface area (Å²) in [4.78, 5) is 39.2. The monoisotopic (exact) mass is 456 g/mol. The van der Waals surface area contributed by atoms with Crippen molar-refractivity contribution in [1.29, 1.82) is 0 Å². The number of amides is 2. The lowest BCUT2D eigenvalue weighted by Crippen LogP contribution is -2.70. The van der Waals surface area contributed by atoms with Crippen LogP contribution in [0.2, 0.25) is 0 Å². The molecule has 0 bridgehead atoms. The van der Waals surface area contributed by atoms with Crippen LogP contribution in [-0.4, -0.2) is 57.3 Å². The summed E-state index contributed by atoms with van der Waals surface area (Å²) in [5, 5.41) is 12.0. The Kier molecular flexibility index (Phi) is 6.53. The van der Waals surface area contributed by atoms with E-state index in [9.17, 15) is 19.5 Å². The number of hydrogen-bond acceptors (Lipinski definition) is 6. The maximum Gasteiger partial charge on any atom is 0.352 e. The molecule has 9 heteroatoms. The molecule has 31 heavy (non-hydrogen) atoms. The van der Waals surface area contributed by atoms with Gasteiger partial charge in [0.05, 0.1) is 0 Å². The van der Waals surface area contributed by atoms with Crippen molar-refractivity contribution in [1.82, 2.24) is 10.2 Å². The van der Waals surface area contributed by atoms with Crippen molar-refractivity contribution in [2.45, 2.75) is 16.3 Å². The molecular formula is C22H20N2O5S2. The highest BCUT2D eigenvalue weighted by Gasteiger charge is 2.54. The van der Waals surface area contributed by atoms with Gasteiger partial charge < -0.3 is 15.2 Å². The highest BCUT2D eigenvalue weighted by atomic mass is 32.2. The summed E-state index contributed by atoms with van der Waals surface area (Å²) < 4.78 is 5.41. The molecule has 2 aromatic carbocycles. The normalized spacial score (nSPS) is 20.0. The summed E-state index contributed by atoms with van der Waals surface area (Å²) in [5.74, 6) is -0.430. The standard InChI is InChI=1S/C22H20N2O5S2/c25-17(11-29-15-7-3-1-4-8-15)23-18-20(26)24-19(22(27)28)14(13-31-21(18)24)12-30-16-9-5-2-6-10-16/h1-10,18,21H,11-13H2,(H,23,25)(H,27,28)/t18-,21?/m1/s1. The van der Waals surface area contributed by atoms with Crippen LogP contribution in [0, 0.1) is 0 Å². The maximum atomic E-state index is 12.7. The molecule has 2 aliphatic rings. The van der Waals surface area contributed by atoms with Crippen LogP contribution in [-0.2, 0) is 14.4 Å². The molecule has 0 aliphatic carbocycles. The molecule has 2 atom stereocenters. The Morgan fingerprint density at radius 3 is 2.48 bits per heavy atom. The molecular weight excluding hydrogens is 436 g/mol. The third kappa shape index (κ3) is 4.72. The fourth-order valence-electron chi connectivity index (χ4n) is 3.36. The second-order valence-corrected chi connectivity index (χ2v) is 9.07. The number of rotatable bonds is 8. The minimum absolute atomic E-state index is 0.0308. The van der Waals surface area contributed by atoms with E-state index in [2.05, 4.69) is 5.32 Å². The largest absolute Gasteiger partial charge is 0.484 e. The number of ether oxygens (including phenoxy) is 1. The summed E-state index contributed by atoms with van der Waals surface area (Å²) in [6.07, 6.45) is 0. The van der Waals surface area contributed by atoms with Gasteiger partial charge in [0.2, 0.25) is 0 Å². The van der Waals surface area contributed by atoms with E-state index in [0.717, 1.165) is 4.90 Å². The number of benzene rings is 2. The molecule has 2 heterocycles. The molecule has 160 valence electrons. The van der Waals surface area contributed by atoms with E-state index in [4.69, 9.17) is 4.74 Å². The number of nitrogens with zero attached hydrogens (tertiary/aromatic N) is 1. The van der Waals surface area contributed by atoms with E-state index in [1.54, 1.807) is 24.3 Å². The molecule has 2 amide bonds. The van der Waals surface area contributed by atoms with Crippen molar-refractivity contribution in [2.75, 3.05) is 18.1 Å². The Hall–Kier alpha value is -2.91. The SMILES string of the molecule is O=C(COc1ccccc1)N[C@@H]1C(=O)N2C(C(=O)O)=C(CSc3ccccc3)CSC12. The Morgan fingerprint density at radius 1 is 1.13 bits per heavy atom. The van der Waals surface area contributed by atoms with Crippen molar-refractivity contribution in [3.05, 3.63) is 71.9 Å². The molecule has 0 radical (unpaired) electrons. The lowest BCUT2D eigenvalue weighted by atomic mass is 10.0. The van der Waals surface area contributed by atoms with Crippen LogP contribution < -0.4 is 10.1 Å². The van der Waals surface area contributed by atoms with Crippen LogP contribution in [0.15, 0.2) is 76.8 Å². The molecule has 2 N–H and O–H groups in total. The van der Waals surface area contributed by atoms with Gasteiger partial charge in [-0.2, -0.15) is 0 Å². The lowest BCUT2D eigenvalue weighted by Gasteiger charge is -2.49. The number of carbonyl (C=O) groups excluding carboxylic acids is 2. The van der Waals surface area contributed by atoms with Gasteiger partial charge in [0.25, 0.3) is 11.8 Å². The van der Waals surface area contributed by atoms with E-state index in [0.29, 0.717) is 22.8 Å². The Morgan fingerprint density at radius 2 is 1.81 bits per heavy atom. The fraction of sp³-hybridized carbons (Fsp3) is 0.227. The van der Waals surface area contributed by atoms with Crippen LogP contribution in [0.3, 0.4) is 0 Å². The quantitative estimate of drug-likeness (QED) is 0.466. The first kappa shape index (κ1) is 21.3. The molecule has 0 saturated carbocycles. The first-order valence-electron chi connectivity index (χ1n) is 9.59. The summed E-state index contributed by atoms with van der Waals surface area (Å²) >= 11 is 2.99. The number of thioether (sulfide) groups is 2. The van der Waals surface area contributed by atoms with E-state index in [1.807, 2.05) is 36.4 Å². The van der Waals surface area contributed by atoms with Gasteiger partial charge in [-0.25, -0.2) is 4.79 Å². The van der Waals surface area contributed by atoms with Crippen LogP contribution in [0.25, 0.3) is 0 Å². The van der Waals surface area contributed by atoms with Gasteiger partial charge >= 0.3 is 5.97 Å². The minimum atomic E-state index is -1.13. The average molecular weight is 457 g/mol. The van der Waals surface area contributed by atoms with Gasteiger partial charge in [-0.05, 0) is 29.8 Å². The number of para-hydroxylation sites is 1. The summed E-state index contributed by atoms with van der Waals surface area (Å²) in [6.45, 7) is -0.216. The van der Waals surface area contributed by atoms with Crippen molar-refractivity contribution < 1.29 is 24.2 Å². The molecule has 1 unspecified atom stereocenters. The topological polar surface area (TPSA) is 95.9 Å². The first-order valence-corrected chi connectivity index (χ1v) is 11.6. The Bertz CT molecular complexity index is 1010. The van der Waals surface area contributed by atoms with E-state index >= 15 is 0 Å². The summed E-state index contributed by atoms with van der Waals surface area (Å²) in [7, 11) is 0. The van der Waals surface area contributed by atoms with Gasteiger partial charge in [-0.3, -0.25) is 14.5 Å². The first-order chi connectivity index (χ1) is 15.0. The molecule has 0 spiro atoms. The smallest absolute Gasteiger partial charge is 0.352 e. The van der Waals surface area contributed by atoms with Gasteiger partial charge in [-0.15, -0.1) is 23.5 Å². The van der Waals surface area contributed by atoms with Crippen LogP contribution >= 0.6 is 23.5 Å². The molecule has 0 aromatic heterocycles. The third-order valence-corrected chi connectivity index (χ3v) is 7.27. The molecule has 7 nitrogen and oxygen atoms in total. The van der Waals surface area contributed by atoms with Crippen molar-refractivity contribution in [3.63, 3.8) is 0 Å². The molecule has 2 aromatic rings. The van der Waals surface area contributed by atoms with Gasteiger partial charge in [0.1, 0.15) is 22.9 Å². The zero-order valence-corrected chi connectivity index (χ0v) is 18.0. The highest BCUT2D eigenvalue weighted by Crippen LogP contribution is 2.41. The van der Waals surface area contributed by atoms with E-state index < -0.39 is 29.2 Å². The van der Waals surface area contributed by atoms with Crippen molar-refractivity contribution in [3.8, 4) is 5.75 Å². The Labute approximate surface area is 187 Å². The number of nitrogens with one attached hydrogen (secondary N) is 1. The van der Waals surface area contributed by atoms with E-state index in [-0.39, 0.29) is 12.3 Å². The fourth-order valence-corrected chi connectivity index (χ4v) is 5.77. The van der Waals surface area contributed by atoms with Crippen molar-refractivity contribution >= 4 is 41.3 Å². The number of carboxylic acid groups (broad SMARTS) is 1. The highest BCUT2D eigenvalue weighted by molar-refractivity contribution is 8.01. The number of carboxylic acids is 1. The molecule has 2 aliphatic heterocycles. The Balaban J connectivity index is 1.38. The van der Waals surface area contributed by atoms with Crippen molar-refractivity contribution in [2.24, 2.45) is 0 Å². The predicted molar refractivity (Wildman–Crippen MR) is 119 cm³/mol. The summed E-state index contributed by atoms with van der Waals surface area (Å²) in [5.41, 5.74) is 0.733. The van der Waals surface area contributed by atoms with Crippen LogP contribution in [0.4, 0.5) is 0 Å². The molecule has 1 saturated heterocycles. The number of carbonyl (C=O) groups is 3. The van der Waals surface area contributed by atoms with Gasteiger partial charge in [0.15, 0.2) is 6.61 Å². The number of β-lactam (4-membered cyclic amide) rings is 1. The average Bonchev–Trinajstić information content (AvgIpc) is 2.80. The number of fused-ring (bicyclic) bond motifs is 1. The zero-order valence-electron chi connectivity index (χ0n) is 16.4. The number of aliphatic carboxylic acids is 1. The number of hydrogen-bond donors (Lipinski definition) is 2. The molecule has 4 rings (SSSR count). The van der Waals surface area contributed by atoms with E-state index in [1.165, 1.54) is 28.4 Å². The van der Waals surface area contributed by atoms with Gasteiger partial charge in [-0.1, -0.05) is 36.4 Å². The second-order valence-electron chi connectivity index (χ2n) is 6.92. The predicted octanol–water partition coefficient (Wildman–Crippen LogP) is 2.60. The third-order valence-electron chi connectivity index (χ3n) is 4.84. The van der Waals surface area contributed by atoms with Crippen LogP contribution in [0.1, 0.15) is 0 Å².